The van der Waals surface area contributed by atoms with E-state index in [9.17, 15) is 9.90 Å². The SMILES string of the molecule is CC(C)c1cccc(C#CC2(O)CCN(C)C2=O)c1. The highest BCUT2D eigenvalue weighted by Gasteiger charge is 2.42. The van der Waals surface area contributed by atoms with Gasteiger partial charge in [0.05, 0.1) is 0 Å². The van der Waals surface area contributed by atoms with Crippen molar-refractivity contribution < 1.29 is 9.90 Å². The molecule has 0 aliphatic carbocycles. The van der Waals surface area contributed by atoms with Crippen molar-refractivity contribution in [1.29, 1.82) is 0 Å². The van der Waals surface area contributed by atoms with Crippen LogP contribution < -0.4 is 0 Å². The minimum Gasteiger partial charge on any atom is -0.369 e. The van der Waals surface area contributed by atoms with Gasteiger partial charge in [0.15, 0.2) is 0 Å². The van der Waals surface area contributed by atoms with Crippen LogP contribution in [0, 0.1) is 11.8 Å². The first-order valence-electron chi connectivity index (χ1n) is 6.53. The van der Waals surface area contributed by atoms with Gasteiger partial charge in [0, 0.05) is 25.6 Å². The Morgan fingerprint density at radius 1 is 1.42 bits per heavy atom. The summed E-state index contributed by atoms with van der Waals surface area (Å²) < 4.78 is 0. The van der Waals surface area contributed by atoms with Crippen molar-refractivity contribution >= 4 is 5.91 Å². The third-order valence-electron chi connectivity index (χ3n) is 3.48. The Morgan fingerprint density at radius 2 is 2.16 bits per heavy atom. The van der Waals surface area contributed by atoms with Gasteiger partial charge in [0.2, 0.25) is 5.60 Å². The molecule has 3 heteroatoms. The van der Waals surface area contributed by atoms with Gasteiger partial charge < -0.3 is 10.0 Å². The van der Waals surface area contributed by atoms with Crippen LogP contribution >= 0.6 is 0 Å². The van der Waals surface area contributed by atoms with Crippen LogP contribution in [0.2, 0.25) is 0 Å². The number of carbonyl (C=O) groups is 1. The van der Waals surface area contributed by atoms with Crippen LogP contribution in [0.25, 0.3) is 0 Å². The molecule has 0 saturated carbocycles. The highest BCUT2D eigenvalue weighted by molar-refractivity contribution is 5.90. The minimum absolute atomic E-state index is 0.306. The van der Waals surface area contributed by atoms with Crippen LogP contribution in [0.1, 0.15) is 37.3 Å². The first kappa shape index (κ1) is 13.6. The van der Waals surface area contributed by atoms with E-state index in [0.29, 0.717) is 18.9 Å². The van der Waals surface area contributed by atoms with E-state index in [-0.39, 0.29) is 5.91 Å². The van der Waals surface area contributed by atoms with Gasteiger partial charge >= 0.3 is 0 Å². The van der Waals surface area contributed by atoms with Gasteiger partial charge in [-0.1, -0.05) is 37.8 Å². The Hall–Kier alpha value is -1.79. The molecule has 1 amide bonds. The topological polar surface area (TPSA) is 40.5 Å². The molecule has 0 spiro atoms. The van der Waals surface area contributed by atoms with Crippen LogP contribution in [-0.4, -0.2) is 35.1 Å². The molecule has 1 heterocycles. The number of likely N-dealkylation sites (tertiary alicyclic amines) is 1. The van der Waals surface area contributed by atoms with E-state index in [4.69, 9.17) is 0 Å². The Labute approximate surface area is 114 Å². The Balaban J connectivity index is 2.25. The highest BCUT2D eigenvalue weighted by Crippen LogP contribution is 2.21. The molecule has 0 aromatic heterocycles. The predicted octanol–water partition coefficient (Wildman–Crippen LogP) is 1.75. The fourth-order valence-electron chi connectivity index (χ4n) is 2.12. The maximum atomic E-state index is 11.8. The normalized spacial score (nSPS) is 22.6. The van der Waals surface area contributed by atoms with Gasteiger partial charge in [-0.3, -0.25) is 4.79 Å². The van der Waals surface area contributed by atoms with E-state index in [0.717, 1.165) is 5.56 Å². The maximum Gasteiger partial charge on any atom is 0.267 e. The number of aliphatic hydroxyl groups is 1. The summed E-state index contributed by atoms with van der Waals surface area (Å²) in [5, 5.41) is 10.2. The molecule has 1 aliphatic rings. The number of amides is 1. The van der Waals surface area contributed by atoms with E-state index in [1.54, 1.807) is 7.05 Å². The zero-order valence-electron chi connectivity index (χ0n) is 11.6. The monoisotopic (exact) mass is 257 g/mol. The molecule has 100 valence electrons. The molecule has 1 fully saturated rings. The van der Waals surface area contributed by atoms with Crippen molar-refractivity contribution in [3.63, 3.8) is 0 Å². The minimum atomic E-state index is -1.51. The maximum absolute atomic E-state index is 11.8. The quantitative estimate of drug-likeness (QED) is 0.779. The van der Waals surface area contributed by atoms with Crippen LogP contribution in [0.5, 0.6) is 0 Å². The lowest BCUT2D eigenvalue weighted by Crippen LogP contribution is -2.37. The largest absolute Gasteiger partial charge is 0.369 e. The molecule has 1 atom stereocenters. The molecule has 19 heavy (non-hydrogen) atoms. The molecule has 0 radical (unpaired) electrons. The Kier molecular flexibility index (Phi) is 3.64. The fraction of sp³-hybridized carbons (Fsp3) is 0.438. The van der Waals surface area contributed by atoms with Crippen molar-refractivity contribution in [3.8, 4) is 11.8 Å². The third kappa shape index (κ3) is 2.80. The summed E-state index contributed by atoms with van der Waals surface area (Å²) in [6.07, 6.45) is 0.374. The van der Waals surface area contributed by atoms with E-state index >= 15 is 0 Å². The number of benzene rings is 1. The number of nitrogens with zero attached hydrogens (tertiary/aromatic N) is 1. The number of rotatable bonds is 1. The third-order valence-corrected chi connectivity index (χ3v) is 3.48. The van der Waals surface area contributed by atoms with Gasteiger partial charge in [-0.25, -0.2) is 0 Å². The highest BCUT2D eigenvalue weighted by atomic mass is 16.3. The summed E-state index contributed by atoms with van der Waals surface area (Å²) >= 11 is 0. The van der Waals surface area contributed by atoms with Gasteiger partial charge in [0.25, 0.3) is 5.91 Å². The summed E-state index contributed by atoms with van der Waals surface area (Å²) in [6.45, 7) is 4.79. The van der Waals surface area contributed by atoms with Crippen molar-refractivity contribution in [2.75, 3.05) is 13.6 Å². The van der Waals surface area contributed by atoms with E-state index in [2.05, 4.69) is 31.8 Å². The summed E-state index contributed by atoms with van der Waals surface area (Å²) in [4.78, 5) is 13.3. The average Bonchev–Trinajstić information content (AvgIpc) is 2.65. The number of carbonyl (C=O) groups excluding carboxylic acids is 1. The summed E-state index contributed by atoms with van der Waals surface area (Å²) in [5.41, 5.74) is 0.526. The van der Waals surface area contributed by atoms with Crippen LogP contribution in [0.4, 0.5) is 0 Å². The molecule has 1 aliphatic heterocycles. The lowest BCUT2D eigenvalue weighted by atomic mass is 9.99. The number of hydrogen-bond acceptors (Lipinski definition) is 2. The van der Waals surface area contributed by atoms with Crippen LogP contribution in [0.15, 0.2) is 24.3 Å². The van der Waals surface area contributed by atoms with E-state index < -0.39 is 5.60 Å². The zero-order valence-corrected chi connectivity index (χ0v) is 11.6. The molecule has 3 nitrogen and oxygen atoms in total. The molecule has 2 rings (SSSR count). The average molecular weight is 257 g/mol. The lowest BCUT2D eigenvalue weighted by molar-refractivity contribution is -0.137. The second-order valence-electron chi connectivity index (χ2n) is 5.37. The Bertz CT molecular complexity index is 553. The molecule has 1 N–H and O–H groups in total. The second kappa shape index (κ2) is 5.07. The van der Waals surface area contributed by atoms with Crippen molar-refractivity contribution in [2.45, 2.75) is 31.8 Å². The fourth-order valence-corrected chi connectivity index (χ4v) is 2.12. The number of likely N-dealkylation sites (N-methyl/N-ethyl adjacent to an activating group) is 1. The standard InChI is InChI=1S/C16H19NO2/c1-12(2)14-6-4-5-13(11-14)7-8-16(19)9-10-17(3)15(16)18/h4-6,11-12,19H,9-10H2,1-3H3. The van der Waals surface area contributed by atoms with Crippen LogP contribution in [-0.2, 0) is 4.79 Å². The molecule has 0 bridgehead atoms. The van der Waals surface area contributed by atoms with E-state index in [1.165, 1.54) is 10.5 Å². The van der Waals surface area contributed by atoms with Gasteiger partial charge in [-0.2, -0.15) is 0 Å². The van der Waals surface area contributed by atoms with Crippen LogP contribution in [0.3, 0.4) is 0 Å². The Morgan fingerprint density at radius 3 is 2.74 bits per heavy atom. The molecule has 1 aromatic carbocycles. The first-order valence-corrected chi connectivity index (χ1v) is 6.53. The molecule has 1 aromatic rings. The smallest absolute Gasteiger partial charge is 0.267 e. The van der Waals surface area contributed by atoms with E-state index in [1.807, 2.05) is 18.2 Å². The molecule has 1 unspecified atom stereocenters. The van der Waals surface area contributed by atoms with Gasteiger partial charge in [-0.15, -0.1) is 0 Å². The van der Waals surface area contributed by atoms with Crippen molar-refractivity contribution in [2.24, 2.45) is 0 Å². The van der Waals surface area contributed by atoms with Gasteiger partial charge in [-0.05, 0) is 23.6 Å². The molecular formula is C16H19NO2. The second-order valence-corrected chi connectivity index (χ2v) is 5.37. The molecule has 1 saturated heterocycles. The van der Waals surface area contributed by atoms with Crippen molar-refractivity contribution in [1.82, 2.24) is 4.90 Å². The van der Waals surface area contributed by atoms with Gasteiger partial charge in [0.1, 0.15) is 0 Å². The first-order chi connectivity index (χ1) is 8.92. The number of hydrogen-bond donors (Lipinski definition) is 1. The zero-order chi connectivity index (χ0) is 14.0. The predicted molar refractivity (Wildman–Crippen MR) is 74.6 cm³/mol. The summed E-state index contributed by atoms with van der Waals surface area (Å²) in [7, 11) is 1.68. The molecular weight excluding hydrogens is 238 g/mol. The lowest BCUT2D eigenvalue weighted by Gasteiger charge is -2.13. The summed E-state index contributed by atoms with van der Waals surface area (Å²) in [6, 6.07) is 7.90. The van der Waals surface area contributed by atoms with Crippen molar-refractivity contribution in [3.05, 3.63) is 35.4 Å². The summed E-state index contributed by atoms with van der Waals surface area (Å²) in [5.74, 6) is 5.79.